The first-order valence-electron chi connectivity index (χ1n) is 9.32. The number of halogens is 2. The molecule has 31 heavy (non-hydrogen) atoms. The van der Waals surface area contributed by atoms with Crippen LogP contribution in [0.15, 0.2) is 76.6 Å². The lowest BCUT2D eigenvalue weighted by Crippen LogP contribution is -2.15. The van der Waals surface area contributed by atoms with Crippen molar-refractivity contribution >= 4 is 50.9 Å². The molecule has 0 atom stereocenters. The van der Waals surface area contributed by atoms with Crippen LogP contribution >= 0.6 is 39.3 Å². The second-order valence-electron chi connectivity index (χ2n) is 6.61. The summed E-state index contributed by atoms with van der Waals surface area (Å²) in [5, 5.41) is 12.8. The number of carbonyl (C=O) groups is 1. The van der Waals surface area contributed by atoms with E-state index in [2.05, 4.69) is 36.4 Å². The summed E-state index contributed by atoms with van der Waals surface area (Å²) in [4.78, 5) is 16.8. The molecule has 0 aliphatic rings. The normalized spacial score (nSPS) is 10.8. The molecule has 1 N–H and O–H groups in total. The third kappa shape index (κ3) is 4.98. The molecule has 2 aromatic heterocycles. The summed E-state index contributed by atoms with van der Waals surface area (Å²) in [7, 11) is 0. The Bertz CT molecular complexity index is 1210. The highest BCUT2D eigenvalue weighted by molar-refractivity contribution is 9.10. The highest BCUT2D eigenvalue weighted by Gasteiger charge is 2.18. The minimum absolute atomic E-state index is 0.149. The molecule has 156 valence electrons. The number of thioether (sulfide) groups is 1. The van der Waals surface area contributed by atoms with E-state index in [0.717, 1.165) is 21.3 Å². The van der Waals surface area contributed by atoms with Crippen molar-refractivity contribution in [1.29, 1.82) is 0 Å². The number of aromatic nitrogens is 4. The molecule has 0 saturated carbocycles. The number of anilines is 1. The van der Waals surface area contributed by atoms with Crippen LogP contribution in [0, 0.1) is 6.92 Å². The Labute approximate surface area is 197 Å². The molecule has 0 aliphatic heterocycles. The van der Waals surface area contributed by atoms with Gasteiger partial charge in [0.1, 0.15) is 0 Å². The van der Waals surface area contributed by atoms with Crippen molar-refractivity contribution < 1.29 is 4.79 Å². The number of carbonyl (C=O) groups excluding carboxylic acids is 1. The van der Waals surface area contributed by atoms with Crippen LogP contribution in [0.3, 0.4) is 0 Å². The van der Waals surface area contributed by atoms with Crippen LogP contribution < -0.4 is 5.32 Å². The third-order valence-corrected chi connectivity index (χ3v) is 6.38. The molecule has 0 radical (unpaired) electrons. The average Bonchev–Trinajstić information content (AvgIpc) is 3.21. The summed E-state index contributed by atoms with van der Waals surface area (Å²) < 4.78 is 2.89. The summed E-state index contributed by atoms with van der Waals surface area (Å²) in [6, 6.07) is 17.0. The maximum atomic E-state index is 12.6. The zero-order valence-electron chi connectivity index (χ0n) is 16.4. The Balaban J connectivity index is 1.59. The number of hydrogen-bond acceptors (Lipinski definition) is 5. The van der Waals surface area contributed by atoms with Gasteiger partial charge < -0.3 is 5.32 Å². The predicted molar refractivity (Wildman–Crippen MR) is 128 cm³/mol. The van der Waals surface area contributed by atoms with E-state index in [1.165, 1.54) is 11.8 Å². The van der Waals surface area contributed by atoms with Crippen molar-refractivity contribution in [3.63, 3.8) is 0 Å². The molecule has 1 amide bonds. The first kappa shape index (κ1) is 21.5. The fourth-order valence-corrected chi connectivity index (χ4v) is 4.12. The van der Waals surface area contributed by atoms with E-state index in [1.807, 2.05) is 60.0 Å². The molecule has 0 spiro atoms. The molecular formula is C22H17BrClN5OS. The molecule has 0 saturated heterocycles. The Morgan fingerprint density at radius 3 is 2.68 bits per heavy atom. The van der Waals surface area contributed by atoms with Crippen molar-refractivity contribution in [3.8, 4) is 17.1 Å². The largest absolute Gasteiger partial charge is 0.325 e. The minimum Gasteiger partial charge on any atom is -0.325 e. The molecule has 2 aromatic carbocycles. The molecule has 6 nitrogen and oxygen atoms in total. The van der Waals surface area contributed by atoms with Crippen LogP contribution in [-0.4, -0.2) is 31.4 Å². The number of hydrogen-bond donors (Lipinski definition) is 1. The standard InChI is InChI=1S/C22H17BrClN5OS/c1-14-18(24)5-2-6-19(14)26-20(30)13-31-22-28-27-21(15-4-3-11-25-12-15)29(22)17-9-7-16(23)8-10-17/h2-12H,13H2,1H3,(H,26,30). The Morgan fingerprint density at radius 1 is 1.13 bits per heavy atom. The van der Waals surface area contributed by atoms with E-state index >= 15 is 0 Å². The van der Waals surface area contributed by atoms with Gasteiger partial charge >= 0.3 is 0 Å². The van der Waals surface area contributed by atoms with Gasteiger partial charge in [0.15, 0.2) is 11.0 Å². The molecule has 0 unspecified atom stereocenters. The minimum atomic E-state index is -0.149. The summed E-state index contributed by atoms with van der Waals surface area (Å²) in [5.74, 6) is 0.681. The van der Waals surface area contributed by atoms with E-state index in [9.17, 15) is 4.79 Å². The maximum Gasteiger partial charge on any atom is 0.234 e. The summed E-state index contributed by atoms with van der Waals surface area (Å²) in [6.07, 6.45) is 3.45. The van der Waals surface area contributed by atoms with Gasteiger partial charge in [-0.2, -0.15) is 0 Å². The lowest BCUT2D eigenvalue weighted by molar-refractivity contribution is -0.113. The first-order chi connectivity index (χ1) is 15.0. The lowest BCUT2D eigenvalue weighted by Gasteiger charge is -2.11. The Kier molecular flexibility index (Phi) is 6.70. The topological polar surface area (TPSA) is 72.7 Å². The maximum absolute atomic E-state index is 12.6. The molecule has 0 aliphatic carbocycles. The van der Waals surface area contributed by atoms with Gasteiger partial charge in [0, 0.05) is 38.8 Å². The van der Waals surface area contributed by atoms with E-state index in [0.29, 0.717) is 21.7 Å². The molecule has 0 bridgehead atoms. The highest BCUT2D eigenvalue weighted by atomic mass is 79.9. The Morgan fingerprint density at radius 2 is 1.94 bits per heavy atom. The molecule has 4 rings (SSSR count). The van der Waals surface area contributed by atoms with E-state index in [-0.39, 0.29) is 11.7 Å². The smallest absolute Gasteiger partial charge is 0.234 e. The SMILES string of the molecule is Cc1c(Cl)cccc1NC(=O)CSc1nnc(-c2cccnc2)n1-c1ccc(Br)cc1. The number of benzene rings is 2. The molecule has 0 fully saturated rings. The highest BCUT2D eigenvalue weighted by Crippen LogP contribution is 2.29. The Hall–Kier alpha value is -2.68. The van der Waals surface area contributed by atoms with E-state index < -0.39 is 0 Å². The van der Waals surface area contributed by atoms with Crippen LogP contribution in [0.4, 0.5) is 5.69 Å². The fraction of sp³-hybridized carbons (Fsp3) is 0.0909. The van der Waals surface area contributed by atoms with Crippen molar-refractivity contribution in [3.05, 3.63) is 82.0 Å². The van der Waals surface area contributed by atoms with Gasteiger partial charge in [0.05, 0.1) is 5.75 Å². The number of nitrogens with one attached hydrogen (secondary N) is 1. The second-order valence-corrected chi connectivity index (χ2v) is 8.87. The van der Waals surface area contributed by atoms with Crippen molar-refractivity contribution in [1.82, 2.24) is 19.7 Å². The lowest BCUT2D eigenvalue weighted by atomic mass is 10.2. The summed E-state index contributed by atoms with van der Waals surface area (Å²) in [5.41, 5.74) is 3.26. The second kappa shape index (κ2) is 9.64. The van der Waals surface area contributed by atoms with E-state index in [1.54, 1.807) is 18.5 Å². The van der Waals surface area contributed by atoms with Crippen molar-refractivity contribution in [2.75, 3.05) is 11.1 Å². The molecule has 2 heterocycles. The van der Waals surface area contributed by atoms with Crippen LogP contribution in [0.25, 0.3) is 17.1 Å². The summed E-state index contributed by atoms with van der Waals surface area (Å²) in [6.45, 7) is 1.87. The summed E-state index contributed by atoms with van der Waals surface area (Å²) >= 11 is 10.9. The molecule has 9 heteroatoms. The predicted octanol–water partition coefficient (Wildman–Crippen LogP) is 5.78. The van der Waals surface area contributed by atoms with Gasteiger partial charge in [-0.05, 0) is 61.0 Å². The first-order valence-corrected chi connectivity index (χ1v) is 11.5. The number of rotatable bonds is 6. The van der Waals surface area contributed by atoms with E-state index in [4.69, 9.17) is 11.6 Å². The quantitative estimate of drug-likeness (QED) is 0.330. The van der Waals surface area contributed by atoms with Gasteiger partial charge in [-0.15, -0.1) is 10.2 Å². The van der Waals surface area contributed by atoms with Crippen molar-refractivity contribution in [2.24, 2.45) is 0 Å². The van der Waals surface area contributed by atoms with Gasteiger partial charge in [-0.3, -0.25) is 14.3 Å². The molecule has 4 aromatic rings. The molecular weight excluding hydrogens is 498 g/mol. The van der Waals surface area contributed by atoms with Gasteiger partial charge in [-0.1, -0.05) is 45.4 Å². The van der Waals surface area contributed by atoms with Gasteiger partial charge in [0.25, 0.3) is 0 Å². The van der Waals surface area contributed by atoms with Crippen LogP contribution in [-0.2, 0) is 4.79 Å². The van der Waals surface area contributed by atoms with Gasteiger partial charge in [-0.25, -0.2) is 0 Å². The average molecular weight is 515 g/mol. The van der Waals surface area contributed by atoms with Crippen LogP contribution in [0.2, 0.25) is 5.02 Å². The zero-order valence-corrected chi connectivity index (χ0v) is 19.6. The zero-order chi connectivity index (χ0) is 21.8. The number of pyridine rings is 1. The fourth-order valence-electron chi connectivity index (χ4n) is 2.93. The van der Waals surface area contributed by atoms with Crippen molar-refractivity contribution in [2.45, 2.75) is 12.1 Å². The number of nitrogens with zero attached hydrogens (tertiary/aromatic N) is 4. The third-order valence-electron chi connectivity index (χ3n) is 4.51. The monoisotopic (exact) mass is 513 g/mol. The van der Waals surface area contributed by atoms with Crippen LogP contribution in [0.1, 0.15) is 5.56 Å². The number of amides is 1. The van der Waals surface area contributed by atoms with Gasteiger partial charge in [0.2, 0.25) is 5.91 Å². The van der Waals surface area contributed by atoms with Crippen LogP contribution in [0.5, 0.6) is 0 Å².